The van der Waals surface area contributed by atoms with E-state index in [1.54, 1.807) is 23.2 Å². The Morgan fingerprint density at radius 3 is 2.65 bits per heavy atom. The van der Waals surface area contributed by atoms with Gasteiger partial charge >= 0.3 is 0 Å². The third kappa shape index (κ3) is 3.04. The molecule has 0 unspecified atom stereocenters. The molecule has 92 valence electrons. The Labute approximate surface area is 109 Å². The minimum absolute atomic E-state index is 0.0134. The first-order valence-corrected chi connectivity index (χ1v) is 6.40. The monoisotopic (exact) mass is 298 g/mol. The van der Waals surface area contributed by atoms with Gasteiger partial charge in [-0.15, -0.1) is 0 Å². The minimum Gasteiger partial charge on any atom is -0.390 e. The molecule has 0 aliphatic carbocycles. The Morgan fingerprint density at radius 2 is 2.12 bits per heavy atom. The highest BCUT2D eigenvalue weighted by atomic mass is 79.9. The molecule has 2 heterocycles. The Morgan fingerprint density at radius 1 is 1.47 bits per heavy atom. The minimum atomic E-state index is -0.630. The van der Waals surface area contributed by atoms with Crippen LogP contribution in [0.3, 0.4) is 0 Å². The molecule has 1 amide bonds. The fraction of sp³-hybridized carbons (Fsp3) is 0.500. The lowest BCUT2D eigenvalue weighted by Crippen LogP contribution is -2.45. The van der Waals surface area contributed by atoms with Crippen molar-refractivity contribution in [3.8, 4) is 0 Å². The van der Waals surface area contributed by atoms with Crippen molar-refractivity contribution in [3.05, 3.63) is 28.5 Å². The summed E-state index contributed by atoms with van der Waals surface area (Å²) in [6.45, 7) is 3.01. The van der Waals surface area contributed by atoms with Crippen molar-refractivity contribution in [2.75, 3.05) is 13.1 Å². The summed E-state index contributed by atoms with van der Waals surface area (Å²) >= 11 is 3.24. The third-order valence-corrected chi connectivity index (χ3v) is 3.57. The van der Waals surface area contributed by atoms with Crippen molar-refractivity contribution in [2.24, 2.45) is 0 Å². The van der Waals surface area contributed by atoms with Gasteiger partial charge in [0.15, 0.2) is 0 Å². The lowest BCUT2D eigenvalue weighted by molar-refractivity contribution is -0.00203. The summed E-state index contributed by atoms with van der Waals surface area (Å²) in [6.07, 6.45) is 2.82. The van der Waals surface area contributed by atoms with Crippen molar-refractivity contribution in [1.29, 1.82) is 0 Å². The van der Waals surface area contributed by atoms with Gasteiger partial charge in [0.2, 0.25) is 0 Å². The summed E-state index contributed by atoms with van der Waals surface area (Å²) in [4.78, 5) is 17.9. The van der Waals surface area contributed by atoms with Crippen LogP contribution in [0.4, 0.5) is 0 Å². The third-order valence-electron chi connectivity index (χ3n) is 3.10. The van der Waals surface area contributed by atoms with E-state index in [1.165, 1.54) is 0 Å². The summed E-state index contributed by atoms with van der Waals surface area (Å²) in [7, 11) is 0. The number of aliphatic hydroxyl groups is 1. The number of amides is 1. The van der Waals surface area contributed by atoms with Gasteiger partial charge in [0.25, 0.3) is 5.91 Å². The van der Waals surface area contributed by atoms with Gasteiger partial charge in [0.05, 0.1) is 11.2 Å². The van der Waals surface area contributed by atoms with Crippen molar-refractivity contribution in [1.82, 2.24) is 9.88 Å². The number of carbonyl (C=O) groups excluding carboxylic acids is 1. The second-order valence-corrected chi connectivity index (χ2v) is 5.47. The highest BCUT2D eigenvalue weighted by Crippen LogP contribution is 2.22. The summed E-state index contributed by atoms with van der Waals surface area (Å²) in [5.41, 5.74) is -0.0379. The van der Waals surface area contributed by atoms with Gasteiger partial charge in [0, 0.05) is 19.3 Å². The maximum absolute atomic E-state index is 12.1. The predicted molar refractivity (Wildman–Crippen MR) is 67.7 cm³/mol. The van der Waals surface area contributed by atoms with Crippen LogP contribution in [0.15, 0.2) is 22.9 Å². The van der Waals surface area contributed by atoms with E-state index in [0.717, 1.165) is 4.60 Å². The zero-order valence-corrected chi connectivity index (χ0v) is 11.3. The molecule has 1 fully saturated rings. The van der Waals surface area contributed by atoms with Gasteiger partial charge in [-0.05, 0) is 47.8 Å². The SMILES string of the molecule is CC1(O)CCN(C(=O)c2ccc(Br)nc2)CC1. The van der Waals surface area contributed by atoms with E-state index in [4.69, 9.17) is 0 Å². The van der Waals surface area contributed by atoms with Crippen LogP contribution in [-0.2, 0) is 0 Å². The van der Waals surface area contributed by atoms with Gasteiger partial charge in [-0.3, -0.25) is 4.79 Å². The first-order valence-electron chi connectivity index (χ1n) is 5.61. The largest absolute Gasteiger partial charge is 0.390 e. The molecule has 5 heteroatoms. The maximum atomic E-state index is 12.1. The number of nitrogens with zero attached hydrogens (tertiary/aromatic N) is 2. The zero-order valence-electron chi connectivity index (χ0n) is 9.69. The second kappa shape index (κ2) is 4.74. The van der Waals surface area contributed by atoms with E-state index in [-0.39, 0.29) is 5.91 Å². The second-order valence-electron chi connectivity index (χ2n) is 4.66. The van der Waals surface area contributed by atoms with Gasteiger partial charge in [-0.25, -0.2) is 4.98 Å². The van der Waals surface area contributed by atoms with Gasteiger partial charge in [-0.2, -0.15) is 0 Å². The molecule has 4 nitrogen and oxygen atoms in total. The molecule has 0 saturated carbocycles. The lowest BCUT2D eigenvalue weighted by Gasteiger charge is -2.35. The smallest absolute Gasteiger partial charge is 0.255 e. The average Bonchev–Trinajstić information content (AvgIpc) is 2.29. The number of rotatable bonds is 1. The van der Waals surface area contributed by atoms with Crippen LogP contribution in [0, 0.1) is 0 Å². The van der Waals surface area contributed by atoms with Gasteiger partial charge in [-0.1, -0.05) is 0 Å². The highest BCUT2D eigenvalue weighted by molar-refractivity contribution is 9.10. The molecule has 1 aliphatic rings. The molecular weight excluding hydrogens is 284 g/mol. The number of likely N-dealkylation sites (tertiary alicyclic amines) is 1. The molecule has 1 aliphatic heterocycles. The van der Waals surface area contributed by atoms with Crippen LogP contribution >= 0.6 is 15.9 Å². The number of hydrogen-bond donors (Lipinski definition) is 1. The van der Waals surface area contributed by atoms with Crippen molar-refractivity contribution in [2.45, 2.75) is 25.4 Å². The quantitative estimate of drug-likeness (QED) is 0.805. The number of halogens is 1. The van der Waals surface area contributed by atoms with Crippen LogP contribution in [0.1, 0.15) is 30.1 Å². The number of pyridine rings is 1. The fourth-order valence-electron chi connectivity index (χ4n) is 1.88. The molecule has 0 atom stereocenters. The number of hydrogen-bond acceptors (Lipinski definition) is 3. The molecule has 1 aromatic rings. The lowest BCUT2D eigenvalue weighted by atomic mass is 9.93. The molecule has 0 bridgehead atoms. The Hall–Kier alpha value is -0.940. The molecule has 0 radical (unpaired) electrons. The molecule has 0 spiro atoms. The van der Waals surface area contributed by atoms with E-state index in [0.29, 0.717) is 31.5 Å². The maximum Gasteiger partial charge on any atom is 0.255 e. The van der Waals surface area contributed by atoms with Crippen molar-refractivity contribution in [3.63, 3.8) is 0 Å². The Balaban J connectivity index is 2.04. The van der Waals surface area contributed by atoms with Gasteiger partial charge < -0.3 is 10.0 Å². The van der Waals surface area contributed by atoms with Crippen LogP contribution in [0.5, 0.6) is 0 Å². The summed E-state index contributed by atoms with van der Waals surface area (Å²) in [5.74, 6) is -0.0134. The Bertz CT molecular complexity index is 407. The van der Waals surface area contributed by atoms with E-state index in [2.05, 4.69) is 20.9 Å². The first-order chi connectivity index (χ1) is 7.98. The van der Waals surface area contributed by atoms with Crippen molar-refractivity contribution < 1.29 is 9.90 Å². The molecule has 1 N–H and O–H groups in total. The topological polar surface area (TPSA) is 53.4 Å². The summed E-state index contributed by atoms with van der Waals surface area (Å²) in [6, 6.07) is 3.51. The average molecular weight is 299 g/mol. The summed E-state index contributed by atoms with van der Waals surface area (Å²) < 4.78 is 0.718. The molecule has 17 heavy (non-hydrogen) atoms. The van der Waals surface area contributed by atoms with Crippen LogP contribution in [0.25, 0.3) is 0 Å². The van der Waals surface area contributed by atoms with Crippen LogP contribution in [-0.4, -0.2) is 39.6 Å². The van der Waals surface area contributed by atoms with Crippen LogP contribution < -0.4 is 0 Å². The van der Waals surface area contributed by atoms with Crippen molar-refractivity contribution >= 4 is 21.8 Å². The standard InChI is InChI=1S/C12H15BrN2O2/c1-12(17)4-6-15(7-5-12)11(16)9-2-3-10(13)14-8-9/h2-3,8,17H,4-7H2,1H3. The number of piperidine rings is 1. The molecule has 2 rings (SSSR count). The summed E-state index contributed by atoms with van der Waals surface area (Å²) in [5, 5.41) is 9.82. The van der Waals surface area contributed by atoms with E-state index in [1.807, 2.05) is 6.92 Å². The molecule has 1 aromatic heterocycles. The number of carbonyl (C=O) groups is 1. The Kier molecular flexibility index (Phi) is 3.49. The normalized spacial score (nSPS) is 19.1. The zero-order chi connectivity index (χ0) is 12.5. The van der Waals surface area contributed by atoms with Crippen LogP contribution in [0.2, 0.25) is 0 Å². The van der Waals surface area contributed by atoms with E-state index >= 15 is 0 Å². The van der Waals surface area contributed by atoms with E-state index < -0.39 is 5.60 Å². The van der Waals surface area contributed by atoms with Gasteiger partial charge in [0.1, 0.15) is 4.60 Å². The molecular formula is C12H15BrN2O2. The molecule has 1 saturated heterocycles. The predicted octanol–water partition coefficient (Wildman–Crippen LogP) is 1.83. The first kappa shape index (κ1) is 12.5. The van der Waals surface area contributed by atoms with E-state index in [9.17, 15) is 9.90 Å². The fourth-order valence-corrected chi connectivity index (χ4v) is 2.11. The molecule has 0 aromatic carbocycles. The number of aromatic nitrogens is 1. The highest BCUT2D eigenvalue weighted by Gasteiger charge is 2.29.